The molecule has 2 aliphatic heterocycles. The van der Waals surface area contributed by atoms with Gasteiger partial charge in [-0.1, -0.05) is 122 Å². The fourth-order valence-corrected chi connectivity index (χ4v) is 9.71. The molecule has 0 unspecified atom stereocenters. The second kappa shape index (κ2) is 8.88. The third-order valence-electron chi connectivity index (χ3n) is 11.6. The van der Waals surface area contributed by atoms with Crippen molar-refractivity contribution >= 4 is 61.7 Å². The van der Waals surface area contributed by atoms with Crippen molar-refractivity contribution in [3.8, 4) is 27.9 Å². The summed E-state index contributed by atoms with van der Waals surface area (Å²) >= 11 is 0. The molecule has 1 aliphatic carbocycles. The molecule has 0 fully saturated rings. The van der Waals surface area contributed by atoms with E-state index in [1.165, 1.54) is 105 Å². The van der Waals surface area contributed by atoms with E-state index in [1.54, 1.807) is 0 Å². The molecule has 0 saturated heterocycles. The Bertz CT molecular complexity index is 2730. The van der Waals surface area contributed by atoms with E-state index in [4.69, 9.17) is 0 Å². The first kappa shape index (κ1) is 26.5. The van der Waals surface area contributed by atoms with Gasteiger partial charge in [0.1, 0.15) is 0 Å². The van der Waals surface area contributed by atoms with E-state index in [-0.39, 0.29) is 12.3 Å². The zero-order chi connectivity index (χ0) is 32.1. The minimum Gasteiger partial charge on any atom is -0.376 e. The molecular formula is C45H33BN2. The van der Waals surface area contributed by atoms with Gasteiger partial charge in [0.25, 0.3) is 0 Å². The maximum atomic E-state index is 2.67. The quantitative estimate of drug-likeness (QED) is 0.168. The number of anilines is 2. The van der Waals surface area contributed by atoms with Crippen molar-refractivity contribution in [3.63, 3.8) is 0 Å². The Hall–Kier alpha value is -5.54. The van der Waals surface area contributed by atoms with Crippen LogP contribution in [0.15, 0.2) is 127 Å². The smallest absolute Gasteiger partial charge is 0.333 e. The van der Waals surface area contributed by atoms with Crippen molar-refractivity contribution in [3.05, 3.63) is 150 Å². The zero-order valence-electron chi connectivity index (χ0n) is 27.6. The molecule has 11 rings (SSSR count). The third kappa shape index (κ3) is 3.06. The molecule has 2 nitrogen and oxygen atoms in total. The van der Waals surface area contributed by atoms with Crippen LogP contribution in [0.4, 0.5) is 11.4 Å². The van der Waals surface area contributed by atoms with E-state index in [9.17, 15) is 0 Å². The normalized spacial score (nSPS) is 14.8. The highest BCUT2D eigenvalue weighted by molar-refractivity contribution is 6.94. The van der Waals surface area contributed by atoms with Gasteiger partial charge in [-0.2, -0.15) is 0 Å². The number of hydrogen-bond donors (Lipinski definition) is 0. The Morgan fingerprint density at radius 1 is 0.583 bits per heavy atom. The first-order valence-electron chi connectivity index (χ1n) is 17.2. The van der Waals surface area contributed by atoms with Crippen LogP contribution in [0.1, 0.15) is 36.1 Å². The van der Waals surface area contributed by atoms with E-state index in [0.717, 1.165) is 0 Å². The summed E-state index contributed by atoms with van der Waals surface area (Å²) in [6, 6.07) is 48.4. The molecule has 0 amide bonds. The summed E-state index contributed by atoms with van der Waals surface area (Å²) in [5.41, 5.74) is 19.9. The van der Waals surface area contributed by atoms with Gasteiger partial charge >= 0.3 is 6.85 Å². The third-order valence-corrected chi connectivity index (χ3v) is 11.6. The van der Waals surface area contributed by atoms with Gasteiger partial charge in [-0.05, 0) is 93.7 Å². The molecule has 0 spiro atoms. The summed E-state index contributed by atoms with van der Waals surface area (Å²) in [5.74, 6) is 0. The number of rotatable bonds is 1. The van der Waals surface area contributed by atoms with Crippen LogP contribution in [0, 0.1) is 13.8 Å². The lowest BCUT2D eigenvalue weighted by Gasteiger charge is -2.44. The highest BCUT2D eigenvalue weighted by Crippen LogP contribution is 2.58. The van der Waals surface area contributed by atoms with Crippen LogP contribution in [0.25, 0.3) is 60.5 Å². The zero-order valence-corrected chi connectivity index (χ0v) is 27.6. The first-order chi connectivity index (χ1) is 23.4. The molecule has 3 heterocycles. The van der Waals surface area contributed by atoms with Crippen molar-refractivity contribution in [2.75, 3.05) is 4.81 Å². The number of aryl methyl sites for hydroxylation is 2. The van der Waals surface area contributed by atoms with E-state index in [2.05, 4.69) is 164 Å². The number of aromatic nitrogens is 1. The van der Waals surface area contributed by atoms with Crippen LogP contribution in [-0.2, 0) is 5.41 Å². The van der Waals surface area contributed by atoms with E-state index in [0.29, 0.717) is 0 Å². The molecule has 8 aromatic rings. The topological polar surface area (TPSA) is 8.17 Å². The molecule has 7 aromatic carbocycles. The van der Waals surface area contributed by atoms with Gasteiger partial charge in [-0.25, -0.2) is 0 Å². The molecule has 3 heteroatoms. The summed E-state index contributed by atoms with van der Waals surface area (Å²) < 4.78 is 2.59. The lowest BCUT2D eigenvalue weighted by atomic mass is 9.43. The molecule has 0 atom stereocenters. The van der Waals surface area contributed by atoms with Crippen molar-refractivity contribution < 1.29 is 0 Å². The standard InChI is InChI=1S/C45H33BN2/c1-26-17-20-28(21-18-26)48-38-24-22-32-29-11-7-9-15-34(29)45(3,4)42(32)41(38)40-31-13-6-5-12-30(31)39-33-14-8-10-16-36(33)47-37-23-19-27(2)25-35(37)46(48)43(40)44(39)47/h5-25H,1-4H3. The van der Waals surface area contributed by atoms with Crippen LogP contribution in [0.5, 0.6) is 0 Å². The van der Waals surface area contributed by atoms with Gasteiger partial charge in [0.05, 0.1) is 11.0 Å². The molecule has 226 valence electrons. The minimum atomic E-state index is -0.165. The van der Waals surface area contributed by atoms with Crippen molar-refractivity contribution in [2.45, 2.75) is 33.1 Å². The fourth-order valence-electron chi connectivity index (χ4n) is 9.71. The fraction of sp³-hybridized carbons (Fsp3) is 0.111. The Kier molecular flexibility index (Phi) is 4.90. The highest BCUT2D eigenvalue weighted by Gasteiger charge is 2.48. The molecule has 0 bridgehead atoms. The van der Waals surface area contributed by atoms with Crippen molar-refractivity contribution in [2.24, 2.45) is 0 Å². The Morgan fingerprint density at radius 2 is 1.27 bits per heavy atom. The Labute approximate surface area is 281 Å². The molecule has 1 aromatic heterocycles. The Morgan fingerprint density at radius 3 is 2.10 bits per heavy atom. The average Bonchev–Trinajstić information content (AvgIpc) is 3.58. The number of hydrogen-bond acceptors (Lipinski definition) is 1. The summed E-state index contributed by atoms with van der Waals surface area (Å²) in [6.45, 7) is 9.30. The minimum absolute atomic E-state index is 0.0129. The van der Waals surface area contributed by atoms with Gasteiger partial charge < -0.3 is 9.38 Å². The molecule has 48 heavy (non-hydrogen) atoms. The summed E-state index contributed by atoms with van der Waals surface area (Å²) in [7, 11) is 0. The SMILES string of the molecule is Cc1ccc(N2B3c4cc(C)ccc4-n4c5ccccc5c5c6ccccc6c(c3c54)-c3c2ccc2c3C(C)(C)c3ccccc3-2)cc1. The maximum Gasteiger partial charge on any atom is 0.333 e. The first-order valence-corrected chi connectivity index (χ1v) is 17.2. The number of fused-ring (bicyclic) bond motifs is 15. The van der Waals surface area contributed by atoms with Gasteiger partial charge in [-0.15, -0.1) is 0 Å². The van der Waals surface area contributed by atoms with Gasteiger partial charge in [0, 0.05) is 38.8 Å². The lowest BCUT2D eigenvalue weighted by molar-refractivity contribution is 0.662. The summed E-state index contributed by atoms with van der Waals surface area (Å²) in [5, 5.41) is 5.35. The van der Waals surface area contributed by atoms with Gasteiger partial charge in [0.2, 0.25) is 0 Å². The maximum absolute atomic E-state index is 2.67. The number of nitrogens with zero attached hydrogens (tertiary/aromatic N) is 2. The summed E-state index contributed by atoms with van der Waals surface area (Å²) in [6.07, 6.45) is 0. The molecular weight excluding hydrogens is 579 g/mol. The van der Waals surface area contributed by atoms with Crippen molar-refractivity contribution in [1.29, 1.82) is 0 Å². The molecule has 3 aliphatic rings. The number of benzene rings is 7. The second-order valence-electron chi connectivity index (χ2n) is 14.6. The van der Waals surface area contributed by atoms with Crippen LogP contribution >= 0.6 is 0 Å². The molecule has 0 saturated carbocycles. The monoisotopic (exact) mass is 612 g/mol. The van der Waals surface area contributed by atoms with E-state index < -0.39 is 0 Å². The second-order valence-corrected chi connectivity index (χ2v) is 14.6. The predicted octanol–water partition coefficient (Wildman–Crippen LogP) is 10.1. The molecule has 0 radical (unpaired) electrons. The predicted molar refractivity (Wildman–Crippen MR) is 204 cm³/mol. The average molecular weight is 613 g/mol. The summed E-state index contributed by atoms with van der Waals surface area (Å²) in [4.78, 5) is 2.67. The largest absolute Gasteiger partial charge is 0.376 e. The lowest BCUT2D eigenvalue weighted by Crippen LogP contribution is -2.60. The van der Waals surface area contributed by atoms with Crippen LogP contribution < -0.4 is 15.7 Å². The van der Waals surface area contributed by atoms with Gasteiger partial charge in [0.15, 0.2) is 0 Å². The molecule has 0 N–H and O–H groups in total. The van der Waals surface area contributed by atoms with E-state index >= 15 is 0 Å². The Balaban J connectivity index is 1.43. The van der Waals surface area contributed by atoms with Crippen molar-refractivity contribution in [1.82, 2.24) is 4.57 Å². The highest BCUT2D eigenvalue weighted by atomic mass is 15.1. The number of para-hydroxylation sites is 1. The van der Waals surface area contributed by atoms with Gasteiger partial charge in [-0.3, -0.25) is 0 Å². The van der Waals surface area contributed by atoms with Crippen LogP contribution in [0.3, 0.4) is 0 Å². The van der Waals surface area contributed by atoms with Crippen LogP contribution in [-0.4, -0.2) is 11.4 Å². The van der Waals surface area contributed by atoms with E-state index in [1.807, 2.05) is 0 Å². The van der Waals surface area contributed by atoms with Crippen LogP contribution in [0.2, 0.25) is 0 Å².